The monoisotopic (exact) mass is 459 g/mol. The zero-order chi connectivity index (χ0) is 22.2. The summed E-state index contributed by atoms with van der Waals surface area (Å²) in [5.41, 5.74) is 2.37. The number of aryl methyl sites for hydroxylation is 1. The van der Waals surface area contributed by atoms with E-state index in [2.05, 4.69) is 26.1 Å². The molecule has 0 aliphatic heterocycles. The number of carbonyl (C=O) groups is 2. The standard InChI is InChI=1S/C20H21N5O4S2/c1-12-4-6-13(7-5-12)22-18(27)23-19-24-25-20(31-19)30-11-17(26)21-14-8-9-15(28-2)16(10-14)29-3/h4-10H,11H2,1-3H3,(H,21,26)(H2,22,23,24,27). The Kier molecular flexibility index (Phi) is 7.68. The fourth-order valence-electron chi connectivity index (χ4n) is 2.45. The first-order valence-electron chi connectivity index (χ1n) is 9.09. The molecule has 3 amide bonds. The molecule has 1 aromatic heterocycles. The molecule has 2 aromatic carbocycles. The van der Waals surface area contributed by atoms with Crippen LogP contribution in [0.1, 0.15) is 5.56 Å². The van der Waals surface area contributed by atoms with Crippen LogP contribution >= 0.6 is 23.1 Å². The van der Waals surface area contributed by atoms with Gasteiger partial charge in [-0.15, -0.1) is 10.2 Å². The van der Waals surface area contributed by atoms with Crippen LogP contribution in [0.2, 0.25) is 0 Å². The number of nitrogens with one attached hydrogen (secondary N) is 3. The Hall–Kier alpha value is -3.31. The van der Waals surface area contributed by atoms with E-state index in [4.69, 9.17) is 9.47 Å². The molecule has 0 saturated heterocycles. The molecule has 1 heterocycles. The van der Waals surface area contributed by atoms with E-state index in [1.165, 1.54) is 30.2 Å². The number of ether oxygens (including phenoxy) is 2. The van der Waals surface area contributed by atoms with Gasteiger partial charge in [-0.1, -0.05) is 40.8 Å². The van der Waals surface area contributed by atoms with Crippen molar-refractivity contribution in [2.45, 2.75) is 11.3 Å². The number of benzene rings is 2. The first-order valence-corrected chi connectivity index (χ1v) is 10.9. The molecular weight excluding hydrogens is 438 g/mol. The Morgan fingerprint density at radius 2 is 1.65 bits per heavy atom. The van der Waals surface area contributed by atoms with Crippen LogP contribution in [0.5, 0.6) is 11.5 Å². The Morgan fingerprint density at radius 3 is 2.35 bits per heavy atom. The number of carbonyl (C=O) groups excluding carboxylic acids is 2. The van der Waals surface area contributed by atoms with Crippen LogP contribution in [0, 0.1) is 6.92 Å². The summed E-state index contributed by atoms with van der Waals surface area (Å²) >= 11 is 2.41. The third kappa shape index (κ3) is 6.59. The van der Waals surface area contributed by atoms with Gasteiger partial charge in [0.05, 0.1) is 20.0 Å². The molecule has 3 rings (SSSR count). The van der Waals surface area contributed by atoms with E-state index in [0.717, 1.165) is 5.56 Å². The number of hydrogen-bond acceptors (Lipinski definition) is 8. The van der Waals surface area contributed by atoms with Gasteiger partial charge >= 0.3 is 6.03 Å². The van der Waals surface area contributed by atoms with Crippen molar-refractivity contribution in [3.8, 4) is 11.5 Å². The molecule has 0 radical (unpaired) electrons. The molecule has 31 heavy (non-hydrogen) atoms. The summed E-state index contributed by atoms with van der Waals surface area (Å²) in [6.07, 6.45) is 0. The number of methoxy groups -OCH3 is 2. The number of amides is 3. The smallest absolute Gasteiger partial charge is 0.325 e. The van der Waals surface area contributed by atoms with Crippen LogP contribution in [0.3, 0.4) is 0 Å². The second-order valence-corrected chi connectivity index (χ2v) is 8.42. The Bertz CT molecular complexity index is 1060. The van der Waals surface area contributed by atoms with Crippen LogP contribution in [-0.4, -0.2) is 42.1 Å². The summed E-state index contributed by atoms with van der Waals surface area (Å²) in [6, 6.07) is 12.1. The highest BCUT2D eigenvalue weighted by molar-refractivity contribution is 8.01. The predicted molar refractivity (Wildman–Crippen MR) is 123 cm³/mol. The molecule has 0 aliphatic rings. The van der Waals surface area contributed by atoms with Crippen LogP contribution in [0.4, 0.5) is 21.3 Å². The number of hydrogen-bond donors (Lipinski definition) is 3. The molecule has 3 aromatic rings. The third-order valence-electron chi connectivity index (χ3n) is 3.93. The number of thioether (sulfide) groups is 1. The van der Waals surface area contributed by atoms with Crippen molar-refractivity contribution >= 4 is 51.5 Å². The minimum absolute atomic E-state index is 0.137. The summed E-state index contributed by atoms with van der Waals surface area (Å²) < 4.78 is 11.0. The van der Waals surface area contributed by atoms with Crippen molar-refractivity contribution in [2.75, 3.05) is 35.9 Å². The van der Waals surface area contributed by atoms with E-state index < -0.39 is 6.03 Å². The van der Waals surface area contributed by atoms with Crippen molar-refractivity contribution in [3.05, 3.63) is 48.0 Å². The van der Waals surface area contributed by atoms with E-state index in [0.29, 0.717) is 32.3 Å². The van der Waals surface area contributed by atoms with Gasteiger partial charge in [0.1, 0.15) is 0 Å². The molecule has 0 unspecified atom stereocenters. The van der Waals surface area contributed by atoms with Crippen LogP contribution in [-0.2, 0) is 4.79 Å². The second kappa shape index (κ2) is 10.6. The first-order chi connectivity index (χ1) is 15.0. The number of urea groups is 1. The molecule has 0 atom stereocenters. The number of anilines is 3. The minimum atomic E-state index is -0.414. The van der Waals surface area contributed by atoms with E-state index in [1.807, 2.05) is 31.2 Å². The van der Waals surface area contributed by atoms with Crippen molar-refractivity contribution in [2.24, 2.45) is 0 Å². The van der Waals surface area contributed by atoms with E-state index in [1.54, 1.807) is 25.3 Å². The number of aromatic nitrogens is 2. The van der Waals surface area contributed by atoms with Gasteiger partial charge in [-0.2, -0.15) is 0 Å². The molecule has 0 fully saturated rings. The minimum Gasteiger partial charge on any atom is -0.493 e. The normalized spacial score (nSPS) is 10.3. The van der Waals surface area contributed by atoms with E-state index in [9.17, 15) is 9.59 Å². The zero-order valence-corrected chi connectivity index (χ0v) is 18.7. The van der Waals surface area contributed by atoms with Crippen LogP contribution < -0.4 is 25.4 Å². The quantitative estimate of drug-likeness (QED) is 0.341. The predicted octanol–water partition coefficient (Wildman–Crippen LogP) is 4.24. The van der Waals surface area contributed by atoms with Crippen molar-refractivity contribution in [1.82, 2.24) is 10.2 Å². The molecule has 0 bridgehead atoms. The van der Waals surface area contributed by atoms with Crippen molar-refractivity contribution < 1.29 is 19.1 Å². The molecule has 162 valence electrons. The average Bonchev–Trinajstić information content (AvgIpc) is 3.21. The summed E-state index contributed by atoms with van der Waals surface area (Å²) in [5.74, 6) is 1.03. The lowest BCUT2D eigenvalue weighted by molar-refractivity contribution is -0.113. The maximum Gasteiger partial charge on any atom is 0.325 e. The van der Waals surface area contributed by atoms with Gasteiger partial charge in [-0.25, -0.2) is 4.79 Å². The highest BCUT2D eigenvalue weighted by Crippen LogP contribution is 2.30. The van der Waals surface area contributed by atoms with Gasteiger partial charge in [0, 0.05) is 17.4 Å². The van der Waals surface area contributed by atoms with Gasteiger partial charge in [0.2, 0.25) is 11.0 Å². The molecule has 0 spiro atoms. The molecule has 0 aliphatic carbocycles. The summed E-state index contributed by atoms with van der Waals surface area (Å²) in [6.45, 7) is 1.97. The largest absolute Gasteiger partial charge is 0.493 e. The number of rotatable bonds is 8. The van der Waals surface area contributed by atoms with Gasteiger partial charge in [0.15, 0.2) is 15.8 Å². The lowest BCUT2D eigenvalue weighted by Gasteiger charge is -2.10. The van der Waals surface area contributed by atoms with Crippen LogP contribution in [0.25, 0.3) is 0 Å². The topological polar surface area (TPSA) is 114 Å². The maximum atomic E-state index is 12.2. The van der Waals surface area contributed by atoms with Gasteiger partial charge in [0.25, 0.3) is 0 Å². The summed E-state index contributed by atoms with van der Waals surface area (Å²) in [4.78, 5) is 24.3. The Morgan fingerprint density at radius 1 is 0.935 bits per heavy atom. The lowest BCUT2D eigenvalue weighted by atomic mass is 10.2. The first kappa shape index (κ1) is 22.4. The second-order valence-electron chi connectivity index (χ2n) is 6.22. The van der Waals surface area contributed by atoms with Crippen LogP contribution in [0.15, 0.2) is 46.8 Å². The molecule has 3 N–H and O–H groups in total. The van der Waals surface area contributed by atoms with Crippen molar-refractivity contribution in [3.63, 3.8) is 0 Å². The SMILES string of the molecule is COc1ccc(NC(=O)CSc2nnc(NC(=O)Nc3ccc(C)cc3)s2)cc1OC. The van der Waals surface area contributed by atoms with E-state index >= 15 is 0 Å². The van der Waals surface area contributed by atoms with Gasteiger partial charge in [-0.3, -0.25) is 10.1 Å². The zero-order valence-electron chi connectivity index (χ0n) is 17.1. The average molecular weight is 460 g/mol. The van der Waals surface area contributed by atoms with Crippen molar-refractivity contribution in [1.29, 1.82) is 0 Å². The summed E-state index contributed by atoms with van der Waals surface area (Å²) in [5, 5.41) is 16.4. The third-order valence-corrected chi connectivity index (χ3v) is 5.90. The summed E-state index contributed by atoms with van der Waals surface area (Å²) in [7, 11) is 3.07. The lowest BCUT2D eigenvalue weighted by Crippen LogP contribution is -2.19. The molecule has 9 nitrogen and oxygen atoms in total. The highest BCUT2D eigenvalue weighted by Gasteiger charge is 2.12. The molecule has 0 saturated carbocycles. The fraction of sp³-hybridized carbons (Fsp3) is 0.200. The Labute approximate surface area is 187 Å². The van der Waals surface area contributed by atoms with E-state index in [-0.39, 0.29) is 11.7 Å². The fourth-order valence-corrected chi connectivity index (χ4v) is 4.00. The Balaban J connectivity index is 1.47. The van der Waals surface area contributed by atoms with Gasteiger partial charge in [-0.05, 0) is 31.2 Å². The highest BCUT2D eigenvalue weighted by atomic mass is 32.2. The maximum absolute atomic E-state index is 12.2. The molecule has 11 heteroatoms. The van der Waals surface area contributed by atoms with Gasteiger partial charge < -0.3 is 20.1 Å². The molecular formula is C20H21N5O4S2. The number of nitrogens with zero attached hydrogens (tertiary/aromatic N) is 2.